The van der Waals surface area contributed by atoms with Crippen LogP contribution in [0.25, 0.3) is 10.9 Å². The smallest absolute Gasteiger partial charge is 0.224 e. The van der Waals surface area contributed by atoms with Crippen LogP contribution in [-0.4, -0.2) is 53.5 Å². The van der Waals surface area contributed by atoms with E-state index in [1.165, 1.54) is 10.9 Å². The molecule has 4 heteroatoms. The van der Waals surface area contributed by atoms with E-state index in [4.69, 9.17) is 0 Å². The summed E-state index contributed by atoms with van der Waals surface area (Å²) in [6, 6.07) is 10.4. The molecule has 1 aliphatic heterocycles. The minimum absolute atomic E-state index is 0.274. The highest BCUT2D eigenvalue weighted by atomic mass is 16.2. The maximum Gasteiger partial charge on any atom is 0.224 e. The second-order valence-corrected chi connectivity index (χ2v) is 5.50. The second kappa shape index (κ2) is 5.67. The summed E-state index contributed by atoms with van der Waals surface area (Å²) < 4.78 is 2.17. The zero-order valence-electron chi connectivity index (χ0n) is 12.0. The standard InChI is InChI=1S/C16H21N3O/c1-17-10-12-19(13-11-17)16(20)7-9-18-8-6-14-4-2-3-5-15(14)18/h2-6,8H,7,9-13H2,1H3. The lowest BCUT2D eigenvalue weighted by atomic mass is 10.2. The van der Waals surface area contributed by atoms with Gasteiger partial charge in [0, 0.05) is 50.9 Å². The molecule has 1 amide bonds. The van der Waals surface area contributed by atoms with Crippen molar-refractivity contribution in [3.8, 4) is 0 Å². The zero-order chi connectivity index (χ0) is 13.9. The van der Waals surface area contributed by atoms with Crippen molar-refractivity contribution < 1.29 is 4.79 Å². The molecular formula is C16H21N3O. The summed E-state index contributed by atoms with van der Waals surface area (Å²) in [4.78, 5) is 16.5. The maximum absolute atomic E-state index is 12.2. The highest BCUT2D eigenvalue weighted by Gasteiger charge is 2.18. The van der Waals surface area contributed by atoms with Crippen LogP contribution in [0.1, 0.15) is 6.42 Å². The van der Waals surface area contributed by atoms with Crippen LogP contribution in [0.15, 0.2) is 36.5 Å². The van der Waals surface area contributed by atoms with Crippen molar-refractivity contribution in [2.75, 3.05) is 33.2 Å². The largest absolute Gasteiger partial charge is 0.347 e. The first-order chi connectivity index (χ1) is 9.74. The predicted molar refractivity (Wildman–Crippen MR) is 80.6 cm³/mol. The first kappa shape index (κ1) is 13.2. The number of piperazine rings is 1. The van der Waals surface area contributed by atoms with Crippen LogP contribution >= 0.6 is 0 Å². The molecule has 0 saturated carbocycles. The van der Waals surface area contributed by atoms with E-state index in [1.54, 1.807) is 0 Å². The van der Waals surface area contributed by atoms with E-state index in [9.17, 15) is 4.79 Å². The van der Waals surface area contributed by atoms with Gasteiger partial charge < -0.3 is 14.4 Å². The SMILES string of the molecule is CN1CCN(C(=O)CCn2ccc3ccccc32)CC1. The highest BCUT2D eigenvalue weighted by molar-refractivity contribution is 5.80. The number of carbonyl (C=O) groups is 1. The summed E-state index contributed by atoms with van der Waals surface area (Å²) in [5, 5.41) is 1.24. The topological polar surface area (TPSA) is 28.5 Å². The normalized spacial score (nSPS) is 16.8. The van der Waals surface area contributed by atoms with Crippen molar-refractivity contribution in [1.29, 1.82) is 0 Å². The molecule has 1 fully saturated rings. The van der Waals surface area contributed by atoms with Gasteiger partial charge in [-0.15, -0.1) is 0 Å². The van der Waals surface area contributed by atoms with Crippen molar-refractivity contribution >= 4 is 16.8 Å². The number of benzene rings is 1. The molecule has 0 atom stereocenters. The molecule has 4 nitrogen and oxygen atoms in total. The second-order valence-electron chi connectivity index (χ2n) is 5.50. The lowest BCUT2D eigenvalue weighted by Gasteiger charge is -2.32. The van der Waals surface area contributed by atoms with Crippen molar-refractivity contribution in [3.05, 3.63) is 36.5 Å². The Balaban J connectivity index is 1.60. The van der Waals surface area contributed by atoms with Crippen LogP contribution in [0, 0.1) is 0 Å². The van der Waals surface area contributed by atoms with Gasteiger partial charge in [0.1, 0.15) is 0 Å². The van der Waals surface area contributed by atoms with Gasteiger partial charge in [0.2, 0.25) is 5.91 Å². The summed E-state index contributed by atoms with van der Waals surface area (Å²) in [6.07, 6.45) is 2.66. The number of likely N-dealkylation sites (N-methyl/N-ethyl adjacent to an activating group) is 1. The number of para-hydroxylation sites is 1. The van der Waals surface area contributed by atoms with Gasteiger partial charge in [0.25, 0.3) is 0 Å². The molecule has 2 aromatic rings. The average Bonchev–Trinajstić information content (AvgIpc) is 2.89. The zero-order valence-corrected chi connectivity index (χ0v) is 12.0. The number of rotatable bonds is 3. The lowest BCUT2D eigenvalue weighted by molar-refractivity contribution is -0.132. The van der Waals surface area contributed by atoms with E-state index in [-0.39, 0.29) is 5.91 Å². The maximum atomic E-state index is 12.2. The molecule has 3 rings (SSSR count). The van der Waals surface area contributed by atoms with Crippen LogP contribution in [-0.2, 0) is 11.3 Å². The third-order valence-corrected chi connectivity index (χ3v) is 4.10. The fourth-order valence-electron chi connectivity index (χ4n) is 2.77. The average molecular weight is 271 g/mol. The Morgan fingerprint density at radius 3 is 2.65 bits per heavy atom. The number of amides is 1. The number of fused-ring (bicyclic) bond motifs is 1. The molecule has 0 unspecified atom stereocenters. The molecule has 20 heavy (non-hydrogen) atoms. The van der Waals surface area contributed by atoms with Gasteiger partial charge in [-0.2, -0.15) is 0 Å². The van der Waals surface area contributed by atoms with Crippen LogP contribution < -0.4 is 0 Å². The van der Waals surface area contributed by atoms with Gasteiger partial charge in [-0.3, -0.25) is 4.79 Å². The van der Waals surface area contributed by atoms with Crippen molar-refractivity contribution in [2.24, 2.45) is 0 Å². The Hall–Kier alpha value is -1.81. The Kier molecular flexibility index (Phi) is 3.74. The van der Waals surface area contributed by atoms with E-state index in [0.29, 0.717) is 6.42 Å². The molecule has 0 bridgehead atoms. The number of carbonyl (C=O) groups excluding carboxylic acids is 1. The minimum atomic E-state index is 0.274. The molecule has 1 aromatic heterocycles. The summed E-state index contributed by atoms with van der Waals surface area (Å²) >= 11 is 0. The van der Waals surface area contributed by atoms with Crippen LogP contribution in [0.3, 0.4) is 0 Å². The van der Waals surface area contributed by atoms with Gasteiger partial charge in [-0.05, 0) is 24.6 Å². The van der Waals surface area contributed by atoms with Gasteiger partial charge in [-0.25, -0.2) is 0 Å². The van der Waals surface area contributed by atoms with Crippen molar-refractivity contribution in [2.45, 2.75) is 13.0 Å². The first-order valence-electron chi connectivity index (χ1n) is 7.24. The summed E-state index contributed by atoms with van der Waals surface area (Å²) in [5.74, 6) is 0.274. The molecule has 2 heterocycles. The molecule has 0 N–H and O–H groups in total. The molecule has 0 spiro atoms. The number of aryl methyl sites for hydroxylation is 1. The first-order valence-corrected chi connectivity index (χ1v) is 7.24. The molecular weight excluding hydrogens is 250 g/mol. The molecule has 0 radical (unpaired) electrons. The summed E-state index contributed by atoms with van der Waals surface area (Å²) in [5.41, 5.74) is 1.21. The molecule has 1 aromatic carbocycles. The molecule has 0 aliphatic carbocycles. The van der Waals surface area contributed by atoms with Crippen molar-refractivity contribution in [1.82, 2.24) is 14.4 Å². The van der Waals surface area contributed by atoms with E-state index in [0.717, 1.165) is 32.7 Å². The quantitative estimate of drug-likeness (QED) is 0.851. The van der Waals surface area contributed by atoms with Gasteiger partial charge in [0.05, 0.1) is 0 Å². The Labute approximate surface area is 119 Å². The summed E-state index contributed by atoms with van der Waals surface area (Å²) in [6.45, 7) is 4.46. The van der Waals surface area contributed by atoms with Gasteiger partial charge in [0.15, 0.2) is 0 Å². The Bertz CT molecular complexity index is 597. The number of hydrogen-bond donors (Lipinski definition) is 0. The van der Waals surface area contributed by atoms with Crippen molar-refractivity contribution in [3.63, 3.8) is 0 Å². The van der Waals surface area contributed by atoms with E-state index < -0.39 is 0 Å². The number of nitrogens with zero attached hydrogens (tertiary/aromatic N) is 3. The summed E-state index contributed by atoms with van der Waals surface area (Å²) in [7, 11) is 2.10. The van der Waals surface area contributed by atoms with Gasteiger partial charge >= 0.3 is 0 Å². The fourth-order valence-corrected chi connectivity index (χ4v) is 2.77. The molecule has 1 aliphatic rings. The molecule has 106 valence electrons. The number of hydrogen-bond acceptors (Lipinski definition) is 2. The predicted octanol–water partition coefficient (Wildman–Crippen LogP) is 1.81. The lowest BCUT2D eigenvalue weighted by Crippen LogP contribution is -2.47. The molecule has 1 saturated heterocycles. The van der Waals surface area contributed by atoms with Gasteiger partial charge in [-0.1, -0.05) is 18.2 Å². The third kappa shape index (κ3) is 2.70. The monoisotopic (exact) mass is 271 g/mol. The number of aromatic nitrogens is 1. The Morgan fingerprint density at radius 2 is 1.85 bits per heavy atom. The van der Waals surface area contributed by atoms with E-state index in [2.05, 4.69) is 40.9 Å². The van der Waals surface area contributed by atoms with Crippen LogP contribution in [0.4, 0.5) is 0 Å². The fraction of sp³-hybridized carbons (Fsp3) is 0.438. The minimum Gasteiger partial charge on any atom is -0.347 e. The van der Waals surface area contributed by atoms with Crippen LogP contribution in [0.5, 0.6) is 0 Å². The van der Waals surface area contributed by atoms with E-state index in [1.807, 2.05) is 17.0 Å². The van der Waals surface area contributed by atoms with E-state index >= 15 is 0 Å². The highest BCUT2D eigenvalue weighted by Crippen LogP contribution is 2.15. The Morgan fingerprint density at radius 1 is 1.10 bits per heavy atom. The third-order valence-electron chi connectivity index (χ3n) is 4.10. The van der Waals surface area contributed by atoms with Crippen LogP contribution in [0.2, 0.25) is 0 Å².